The number of aromatic nitrogens is 2. The van der Waals surface area contributed by atoms with E-state index in [1.165, 1.54) is 34.6 Å². The molecule has 1 aromatic heterocycles. The van der Waals surface area contributed by atoms with Crippen molar-refractivity contribution in [2.45, 2.75) is 44.2 Å². The molecular formula is C24H25FN4O2. The van der Waals surface area contributed by atoms with E-state index < -0.39 is 11.7 Å². The number of carbonyl (C=O) groups is 2. The molecule has 0 aliphatic heterocycles. The second-order valence-electron chi connectivity index (χ2n) is 7.84. The molecule has 0 saturated heterocycles. The van der Waals surface area contributed by atoms with Crippen LogP contribution in [0.4, 0.5) is 10.1 Å². The minimum atomic E-state index is -0.591. The van der Waals surface area contributed by atoms with Gasteiger partial charge in [0.15, 0.2) is 0 Å². The minimum absolute atomic E-state index is 0.0442. The molecule has 4 rings (SSSR count). The van der Waals surface area contributed by atoms with E-state index in [4.69, 9.17) is 0 Å². The molecular weight excluding hydrogens is 395 g/mol. The summed E-state index contributed by atoms with van der Waals surface area (Å²) >= 11 is 0. The first-order valence-electron chi connectivity index (χ1n) is 10.5. The first kappa shape index (κ1) is 20.8. The van der Waals surface area contributed by atoms with Gasteiger partial charge in [-0.15, -0.1) is 0 Å². The lowest BCUT2D eigenvalue weighted by molar-refractivity contribution is -0.122. The molecule has 0 bridgehead atoms. The van der Waals surface area contributed by atoms with Gasteiger partial charge >= 0.3 is 0 Å². The van der Waals surface area contributed by atoms with Crippen LogP contribution in [0, 0.1) is 5.82 Å². The summed E-state index contributed by atoms with van der Waals surface area (Å²) in [5.41, 5.74) is 1.61. The largest absolute Gasteiger partial charge is 0.351 e. The quantitative estimate of drug-likeness (QED) is 0.630. The summed E-state index contributed by atoms with van der Waals surface area (Å²) in [5, 5.41) is 9.91. The van der Waals surface area contributed by atoms with Crippen LogP contribution in [0.1, 0.15) is 47.5 Å². The van der Waals surface area contributed by atoms with E-state index in [-0.39, 0.29) is 24.1 Å². The van der Waals surface area contributed by atoms with Crippen LogP contribution in [0.25, 0.3) is 0 Å². The van der Waals surface area contributed by atoms with Crippen molar-refractivity contribution in [3.8, 4) is 0 Å². The van der Waals surface area contributed by atoms with Crippen LogP contribution < -0.4 is 10.6 Å². The maximum Gasteiger partial charge on any atom is 0.258 e. The van der Waals surface area contributed by atoms with E-state index in [1.54, 1.807) is 12.3 Å². The number of amides is 2. The Balaban J connectivity index is 1.35. The van der Waals surface area contributed by atoms with Crippen LogP contribution in [0.3, 0.4) is 0 Å². The second kappa shape index (κ2) is 9.55. The summed E-state index contributed by atoms with van der Waals surface area (Å²) in [7, 11) is 0. The third-order valence-electron chi connectivity index (χ3n) is 5.66. The third-order valence-corrected chi connectivity index (χ3v) is 5.66. The highest BCUT2D eigenvalue weighted by atomic mass is 19.1. The van der Waals surface area contributed by atoms with Gasteiger partial charge in [0, 0.05) is 18.2 Å². The highest BCUT2D eigenvalue weighted by Crippen LogP contribution is 2.33. The molecule has 1 heterocycles. The van der Waals surface area contributed by atoms with E-state index in [0.717, 1.165) is 25.7 Å². The normalized spacial score (nSPS) is 18.4. The Morgan fingerprint density at radius 1 is 1.03 bits per heavy atom. The molecule has 160 valence electrons. The highest BCUT2D eigenvalue weighted by Gasteiger charge is 2.27. The Kier molecular flexibility index (Phi) is 6.40. The number of benzene rings is 2. The lowest BCUT2D eigenvalue weighted by Crippen LogP contribution is -2.42. The fourth-order valence-corrected chi connectivity index (χ4v) is 4.16. The number of nitrogens with zero attached hydrogens (tertiary/aromatic N) is 2. The molecule has 31 heavy (non-hydrogen) atoms. The Morgan fingerprint density at radius 2 is 1.77 bits per heavy atom. The fraction of sp³-hybridized carbons (Fsp3) is 0.292. The van der Waals surface area contributed by atoms with Gasteiger partial charge in [-0.1, -0.05) is 55.3 Å². The van der Waals surface area contributed by atoms with Crippen LogP contribution in [-0.4, -0.2) is 27.6 Å². The monoisotopic (exact) mass is 420 g/mol. The van der Waals surface area contributed by atoms with Crippen molar-refractivity contribution in [1.29, 1.82) is 0 Å². The van der Waals surface area contributed by atoms with Gasteiger partial charge in [0.2, 0.25) is 5.91 Å². The number of nitrogens with one attached hydrogen (secondary N) is 2. The van der Waals surface area contributed by atoms with Crippen LogP contribution >= 0.6 is 0 Å². The van der Waals surface area contributed by atoms with Gasteiger partial charge in [-0.25, -0.2) is 4.39 Å². The average Bonchev–Trinajstić information content (AvgIpc) is 3.21. The van der Waals surface area contributed by atoms with Gasteiger partial charge in [0.05, 0.1) is 17.4 Å². The first-order valence-corrected chi connectivity index (χ1v) is 10.5. The fourth-order valence-electron chi connectivity index (χ4n) is 4.16. The molecule has 1 fully saturated rings. The molecule has 0 spiro atoms. The van der Waals surface area contributed by atoms with Gasteiger partial charge < -0.3 is 10.6 Å². The number of anilines is 1. The summed E-state index contributed by atoms with van der Waals surface area (Å²) in [6, 6.07) is 16.2. The summed E-state index contributed by atoms with van der Waals surface area (Å²) < 4.78 is 15.2. The van der Waals surface area contributed by atoms with Crippen LogP contribution in [-0.2, 0) is 11.3 Å². The molecule has 7 heteroatoms. The predicted molar refractivity (Wildman–Crippen MR) is 116 cm³/mol. The highest BCUT2D eigenvalue weighted by molar-refractivity contribution is 6.04. The van der Waals surface area contributed by atoms with Gasteiger partial charge in [-0.05, 0) is 30.5 Å². The molecule has 1 aliphatic carbocycles. The van der Waals surface area contributed by atoms with Crippen molar-refractivity contribution in [1.82, 2.24) is 15.1 Å². The lowest BCUT2D eigenvalue weighted by Gasteiger charge is -2.32. The van der Waals surface area contributed by atoms with Crippen LogP contribution in [0.5, 0.6) is 0 Å². The topological polar surface area (TPSA) is 76.0 Å². The summed E-state index contributed by atoms with van der Waals surface area (Å²) in [6.45, 7) is 0.0492. The molecule has 2 aromatic carbocycles. The first-order chi connectivity index (χ1) is 15.1. The molecule has 1 aliphatic rings. The van der Waals surface area contributed by atoms with E-state index in [0.29, 0.717) is 11.6 Å². The summed E-state index contributed by atoms with van der Waals surface area (Å²) in [4.78, 5) is 24.9. The van der Waals surface area contributed by atoms with E-state index >= 15 is 0 Å². The Labute approximate surface area is 180 Å². The SMILES string of the molecule is O=C(Cn1cc(NC(=O)c2ccccc2F)cn1)N[C@@H]1CCCC[C@H]1c1ccccc1. The van der Waals surface area contributed by atoms with Crippen molar-refractivity contribution in [3.05, 3.63) is 83.9 Å². The zero-order valence-corrected chi connectivity index (χ0v) is 17.1. The smallest absolute Gasteiger partial charge is 0.258 e. The molecule has 3 aromatic rings. The van der Waals surface area contributed by atoms with Crippen molar-refractivity contribution in [2.24, 2.45) is 0 Å². The van der Waals surface area contributed by atoms with Gasteiger partial charge in [-0.3, -0.25) is 14.3 Å². The maximum absolute atomic E-state index is 13.8. The second-order valence-corrected chi connectivity index (χ2v) is 7.84. The third kappa shape index (κ3) is 5.17. The zero-order chi connectivity index (χ0) is 21.6. The summed E-state index contributed by atoms with van der Waals surface area (Å²) in [6.07, 6.45) is 7.28. The number of carbonyl (C=O) groups excluding carboxylic acids is 2. The molecule has 2 amide bonds. The Morgan fingerprint density at radius 3 is 2.58 bits per heavy atom. The summed E-state index contributed by atoms with van der Waals surface area (Å²) in [5.74, 6) is -0.961. The maximum atomic E-state index is 13.8. The molecule has 0 radical (unpaired) electrons. The Bertz CT molecular complexity index is 1050. The van der Waals surface area contributed by atoms with Crippen molar-refractivity contribution >= 4 is 17.5 Å². The number of halogens is 1. The molecule has 2 atom stereocenters. The van der Waals surface area contributed by atoms with Crippen LogP contribution in [0.2, 0.25) is 0 Å². The zero-order valence-electron chi connectivity index (χ0n) is 17.1. The van der Waals surface area contributed by atoms with Crippen LogP contribution in [0.15, 0.2) is 67.0 Å². The van der Waals surface area contributed by atoms with Crippen molar-refractivity contribution in [3.63, 3.8) is 0 Å². The van der Waals surface area contributed by atoms with E-state index in [2.05, 4.69) is 27.9 Å². The number of hydrogen-bond donors (Lipinski definition) is 2. The molecule has 1 saturated carbocycles. The van der Waals surface area contributed by atoms with Crippen molar-refractivity contribution in [2.75, 3.05) is 5.32 Å². The van der Waals surface area contributed by atoms with Crippen molar-refractivity contribution < 1.29 is 14.0 Å². The Hall–Kier alpha value is -3.48. The molecule has 6 nitrogen and oxygen atoms in total. The lowest BCUT2D eigenvalue weighted by atomic mass is 9.80. The number of rotatable bonds is 6. The standard InChI is InChI=1S/C24H25FN4O2/c25-21-12-6-4-11-20(21)24(31)27-18-14-26-29(15-18)16-23(30)28-22-13-7-5-10-19(22)17-8-2-1-3-9-17/h1-4,6,8-9,11-12,14-15,19,22H,5,7,10,13,16H2,(H,27,31)(H,28,30)/t19-,22+/m0/s1. The molecule has 0 unspecified atom stereocenters. The van der Waals surface area contributed by atoms with Gasteiger partial charge in [0.25, 0.3) is 5.91 Å². The van der Waals surface area contributed by atoms with Gasteiger partial charge in [0.1, 0.15) is 12.4 Å². The van der Waals surface area contributed by atoms with Gasteiger partial charge in [-0.2, -0.15) is 5.10 Å². The predicted octanol–water partition coefficient (Wildman–Crippen LogP) is 4.12. The average molecular weight is 420 g/mol. The van der Waals surface area contributed by atoms with E-state index in [9.17, 15) is 14.0 Å². The minimum Gasteiger partial charge on any atom is -0.351 e. The van der Waals surface area contributed by atoms with E-state index in [1.807, 2.05) is 18.2 Å². The molecule has 2 N–H and O–H groups in total. The number of hydrogen-bond acceptors (Lipinski definition) is 3.